The predicted molar refractivity (Wildman–Crippen MR) is 118 cm³/mol. The maximum atomic E-state index is 13.1. The fraction of sp³-hybridized carbons (Fsp3) is 0.550. The van der Waals surface area contributed by atoms with Crippen molar-refractivity contribution in [1.29, 1.82) is 0 Å². The summed E-state index contributed by atoms with van der Waals surface area (Å²) in [6, 6.07) is 1.47. The number of carbonyl (C=O) groups is 2. The molecule has 1 N–H and O–H groups in total. The van der Waals surface area contributed by atoms with Gasteiger partial charge in [-0.2, -0.15) is 4.31 Å². The van der Waals surface area contributed by atoms with Gasteiger partial charge in [0.1, 0.15) is 10.6 Å². The van der Waals surface area contributed by atoms with Crippen molar-refractivity contribution in [3.05, 3.63) is 29.0 Å². The van der Waals surface area contributed by atoms with Gasteiger partial charge >= 0.3 is 0 Å². The average molecular weight is 466 g/mol. The van der Waals surface area contributed by atoms with E-state index in [0.29, 0.717) is 36.8 Å². The molecule has 0 bridgehead atoms. The lowest BCUT2D eigenvalue weighted by molar-refractivity contribution is -0.120. The molecule has 0 aliphatic carbocycles. The number of amides is 2. The van der Waals surface area contributed by atoms with Crippen molar-refractivity contribution in [2.45, 2.75) is 37.5 Å². The number of rotatable bonds is 5. The Morgan fingerprint density at radius 3 is 2.45 bits per heavy atom. The van der Waals surface area contributed by atoms with Gasteiger partial charge in [-0.3, -0.25) is 9.59 Å². The highest BCUT2D eigenvalue weighted by Crippen LogP contribution is 2.27. The maximum Gasteiger partial charge on any atom is 0.270 e. The van der Waals surface area contributed by atoms with E-state index in [4.69, 9.17) is 0 Å². The van der Waals surface area contributed by atoms with Crippen LogP contribution >= 0.6 is 11.3 Å². The third-order valence-electron chi connectivity index (χ3n) is 5.90. The summed E-state index contributed by atoms with van der Waals surface area (Å²) in [6.07, 6.45) is 4.35. The van der Waals surface area contributed by atoms with Crippen molar-refractivity contribution in [3.8, 4) is 0 Å². The molecule has 4 heterocycles. The van der Waals surface area contributed by atoms with Crippen LogP contribution < -0.4 is 5.32 Å². The fourth-order valence-corrected chi connectivity index (χ4v) is 6.33. The molecule has 31 heavy (non-hydrogen) atoms. The molecule has 2 fully saturated rings. The molecule has 2 amide bonds. The number of carbonyl (C=O) groups excluding carboxylic acids is 2. The first-order valence-electron chi connectivity index (χ1n) is 10.4. The van der Waals surface area contributed by atoms with Crippen LogP contribution in [0.15, 0.2) is 22.5 Å². The molecule has 0 atom stereocenters. The molecule has 0 unspecified atom stereocenters. The number of sulfonamides is 1. The van der Waals surface area contributed by atoms with E-state index in [9.17, 15) is 18.0 Å². The van der Waals surface area contributed by atoms with E-state index in [-0.39, 0.29) is 35.7 Å². The van der Waals surface area contributed by atoms with Crippen molar-refractivity contribution in [2.24, 2.45) is 13.0 Å². The molecule has 9 nitrogen and oxygen atoms in total. The first-order valence-corrected chi connectivity index (χ1v) is 12.8. The Hall–Kier alpha value is -2.24. The van der Waals surface area contributed by atoms with E-state index in [0.717, 1.165) is 18.5 Å². The van der Waals surface area contributed by atoms with Gasteiger partial charge in [0.2, 0.25) is 15.9 Å². The number of hydrogen-bond donors (Lipinski definition) is 1. The molecular weight excluding hydrogens is 438 g/mol. The number of likely N-dealkylation sites (tertiary alicyclic amines) is 1. The van der Waals surface area contributed by atoms with E-state index >= 15 is 0 Å². The van der Waals surface area contributed by atoms with Crippen LogP contribution in [0.1, 0.15) is 41.9 Å². The lowest BCUT2D eigenvalue weighted by atomic mass is 9.97. The molecule has 2 aliphatic rings. The summed E-state index contributed by atoms with van der Waals surface area (Å²) in [5.74, 6) is -0.502. The number of hydrogen-bond acceptors (Lipinski definition) is 6. The second-order valence-electron chi connectivity index (χ2n) is 8.13. The van der Waals surface area contributed by atoms with E-state index in [1.54, 1.807) is 16.5 Å². The topological polar surface area (TPSA) is 105 Å². The second-order valence-corrected chi connectivity index (χ2v) is 10.9. The molecule has 4 rings (SSSR count). The summed E-state index contributed by atoms with van der Waals surface area (Å²) < 4.78 is 29.3. The summed E-state index contributed by atoms with van der Waals surface area (Å²) in [7, 11) is -2.03. The minimum Gasteiger partial charge on any atom is -0.345 e. The van der Waals surface area contributed by atoms with E-state index in [2.05, 4.69) is 10.3 Å². The monoisotopic (exact) mass is 465 g/mol. The van der Waals surface area contributed by atoms with Crippen molar-refractivity contribution in [1.82, 2.24) is 18.8 Å². The van der Waals surface area contributed by atoms with Gasteiger partial charge in [-0.1, -0.05) is 0 Å². The number of aryl methyl sites for hydroxylation is 2. The molecule has 2 aliphatic heterocycles. The van der Waals surface area contributed by atoms with Crippen molar-refractivity contribution in [3.63, 3.8) is 0 Å². The number of nitrogens with zero attached hydrogens (tertiary/aromatic N) is 4. The molecule has 168 valence electrons. The number of piperidine rings is 1. The number of aromatic nitrogens is 2. The van der Waals surface area contributed by atoms with Crippen LogP contribution in [-0.4, -0.2) is 65.2 Å². The molecule has 11 heteroatoms. The largest absolute Gasteiger partial charge is 0.345 e. The predicted octanol–water partition coefficient (Wildman–Crippen LogP) is 2.07. The lowest BCUT2D eigenvalue weighted by Gasteiger charge is -2.30. The normalized spacial score (nSPS) is 18.5. The van der Waals surface area contributed by atoms with Gasteiger partial charge in [0.05, 0.1) is 5.69 Å². The van der Waals surface area contributed by atoms with Crippen molar-refractivity contribution < 1.29 is 18.0 Å². The van der Waals surface area contributed by atoms with Gasteiger partial charge in [-0.05, 0) is 38.7 Å². The number of nitrogens with one attached hydrogen (secondary N) is 1. The summed E-state index contributed by atoms with van der Waals surface area (Å²) in [5.41, 5.74) is 1.24. The summed E-state index contributed by atoms with van der Waals surface area (Å²) in [5, 5.41) is 5.26. The lowest BCUT2D eigenvalue weighted by Crippen LogP contribution is -2.41. The molecule has 0 spiro atoms. The Morgan fingerprint density at radius 1 is 1.16 bits per heavy atom. The van der Waals surface area contributed by atoms with Gasteiger partial charge in [-0.15, -0.1) is 11.3 Å². The zero-order valence-corrected chi connectivity index (χ0v) is 19.3. The average Bonchev–Trinajstić information content (AvgIpc) is 3.49. The molecule has 2 aromatic rings. The molecule has 2 saturated heterocycles. The van der Waals surface area contributed by atoms with Crippen molar-refractivity contribution >= 4 is 38.3 Å². The van der Waals surface area contributed by atoms with Gasteiger partial charge < -0.3 is 14.8 Å². The van der Waals surface area contributed by atoms with E-state index in [1.165, 1.54) is 27.9 Å². The highest BCUT2D eigenvalue weighted by molar-refractivity contribution is 7.89. The Balaban J connectivity index is 1.40. The zero-order chi connectivity index (χ0) is 22.2. The van der Waals surface area contributed by atoms with E-state index in [1.807, 2.05) is 12.3 Å². The first-order chi connectivity index (χ1) is 14.8. The molecule has 0 saturated carbocycles. The van der Waals surface area contributed by atoms with Crippen LogP contribution in [0.25, 0.3) is 0 Å². The first kappa shape index (κ1) is 22.0. The Morgan fingerprint density at radius 2 is 1.84 bits per heavy atom. The highest BCUT2D eigenvalue weighted by Gasteiger charge is 2.34. The smallest absolute Gasteiger partial charge is 0.270 e. The molecule has 0 radical (unpaired) electrons. The summed E-state index contributed by atoms with van der Waals surface area (Å²) in [4.78, 5) is 31.3. The van der Waals surface area contributed by atoms with Gasteiger partial charge in [0.25, 0.3) is 5.91 Å². The number of anilines is 1. The van der Waals surface area contributed by atoms with Crippen LogP contribution in [0.2, 0.25) is 0 Å². The molecule has 0 aromatic carbocycles. The van der Waals surface area contributed by atoms with Gasteiger partial charge in [-0.25, -0.2) is 13.4 Å². The Kier molecular flexibility index (Phi) is 6.18. The van der Waals surface area contributed by atoms with Crippen LogP contribution in [0.3, 0.4) is 0 Å². The number of thiazole rings is 1. The standard InChI is InChI=1S/C20H27N5O4S2/c1-14-13-30-20(21-14)22-18(26)15-5-9-25(10-6-15)31(28,29)16-11-17(23(2)12-16)19(27)24-7-3-4-8-24/h11-13,15H,3-10H2,1-2H3,(H,21,22,26). The molecule has 2 aromatic heterocycles. The highest BCUT2D eigenvalue weighted by atomic mass is 32.2. The van der Waals surface area contributed by atoms with Crippen LogP contribution in [-0.2, 0) is 21.9 Å². The third kappa shape index (κ3) is 4.53. The van der Waals surface area contributed by atoms with E-state index < -0.39 is 10.0 Å². The van der Waals surface area contributed by atoms with Gasteiger partial charge in [0, 0.05) is 50.7 Å². The molecular formula is C20H27N5O4S2. The zero-order valence-electron chi connectivity index (χ0n) is 17.7. The fourth-order valence-electron chi connectivity index (χ4n) is 4.10. The van der Waals surface area contributed by atoms with Crippen molar-refractivity contribution in [2.75, 3.05) is 31.5 Å². The van der Waals surface area contributed by atoms with Crippen LogP contribution in [0, 0.1) is 12.8 Å². The second kappa shape index (κ2) is 8.71. The van der Waals surface area contributed by atoms with Crippen LogP contribution in [0.5, 0.6) is 0 Å². The summed E-state index contributed by atoms with van der Waals surface area (Å²) in [6.45, 7) is 3.82. The quantitative estimate of drug-likeness (QED) is 0.728. The van der Waals surface area contributed by atoms with Crippen LogP contribution in [0.4, 0.5) is 5.13 Å². The summed E-state index contributed by atoms with van der Waals surface area (Å²) >= 11 is 1.38. The minimum atomic E-state index is -3.73. The minimum absolute atomic E-state index is 0.121. The Bertz CT molecular complexity index is 1080. The Labute approximate surface area is 186 Å². The van der Waals surface area contributed by atoms with Gasteiger partial charge in [0.15, 0.2) is 5.13 Å². The maximum absolute atomic E-state index is 13.1. The third-order valence-corrected chi connectivity index (χ3v) is 8.64. The SMILES string of the molecule is Cc1csc(NC(=O)C2CCN(S(=O)(=O)c3cc(C(=O)N4CCCC4)n(C)c3)CC2)n1.